The molecule has 0 saturated carbocycles. The fourth-order valence-electron chi connectivity index (χ4n) is 2.04. The van der Waals surface area contributed by atoms with Crippen molar-refractivity contribution >= 4 is 38.6 Å². The van der Waals surface area contributed by atoms with Crippen molar-refractivity contribution < 1.29 is 4.39 Å². The lowest BCUT2D eigenvalue weighted by atomic mass is 10.0. The number of alkyl halides is 1. The molecule has 0 radical (unpaired) electrons. The Kier molecular flexibility index (Phi) is 4.83. The van der Waals surface area contributed by atoms with Crippen molar-refractivity contribution in [3.8, 4) is 11.3 Å². The summed E-state index contributed by atoms with van der Waals surface area (Å²) in [4.78, 5) is 9.15. The maximum absolute atomic E-state index is 13.6. The number of halogens is 3. The minimum atomic E-state index is -0.470. The van der Waals surface area contributed by atoms with Crippen molar-refractivity contribution in [1.82, 2.24) is 9.97 Å². The van der Waals surface area contributed by atoms with Crippen LogP contribution in [0.15, 0.2) is 37.4 Å². The van der Waals surface area contributed by atoms with Crippen LogP contribution in [0.2, 0.25) is 0 Å². The largest absolute Gasteiger partial charge is 0.246 e. The van der Waals surface area contributed by atoms with Crippen LogP contribution in [0.1, 0.15) is 30.9 Å². The Labute approximate surface area is 142 Å². The van der Waals surface area contributed by atoms with E-state index in [0.29, 0.717) is 28.3 Å². The highest BCUT2D eigenvalue weighted by atomic mass is 79.9. The SMILES string of the molecule is C=Cc1nc(-c2cccc(F)c2)c(C(C)(C)Br)nc1C(=C)Cl. The van der Waals surface area contributed by atoms with Crippen LogP contribution >= 0.6 is 27.5 Å². The summed E-state index contributed by atoms with van der Waals surface area (Å²) >= 11 is 9.60. The number of hydrogen-bond acceptors (Lipinski definition) is 2. The number of aromatic nitrogens is 2. The summed E-state index contributed by atoms with van der Waals surface area (Å²) in [6.07, 6.45) is 1.56. The predicted molar refractivity (Wildman–Crippen MR) is 94.4 cm³/mol. The van der Waals surface area contributed by atoms with E-state index in [9.17, 15) is 4.39 Å². The molecule has 2 rings (SSSR count). The first-order valence-corrected chi connectivity index (χ1v) is 7.75. The van der Waals surface area contributed by atoms with Crippen molar-refractivity contribution in [2.75, 3.05) is 0 Å². The second-order valence-corrected chi connectivity index (χ2v) is 7.69. The third-order valence-corrected chi connectivity index (χ3v) is 3.59. The van der Waals surface area contributed by atoms with Gasteiger partial charge in [-0.3, -0.25) is 0 Å². The van der Waals surface area contributed by atoms with E-state index in [1.54, 1.807) is 18.2 Å². The highest BCUT2D eigenvalue weighted by Gasteiger charge is 2.26. The molecule has 1 heterocycles. The van der Waals surface area contributed by atoms with Gasteiger partial charge in [-0.05, 0) is 32.1 Å². The fourth-order valence-corrected chi connectivity index (χ4v) is 2.46. The van der Waals surface area contributed by atoms with Crippen LogP contribution in [0.3, 0.4) is 0 Å². The molecule has 2 nitrogen and oxygen atoms in total. The van der Waals surface area contributed by atoms with E-state index in [1.165, 1.54) is 12.1 Å². The van der Waals surface area contributed by atoms with Gasteiger partial charge >= 0.3 is 0 Å². The van der Waals surface area contributed by atoms with Crippen molar-refractivity contribution in [1.29, 1.82) is 0 Å². The molecule has 0 fully saturated rings. The molecule has 0 bridgehead atoms. The molecule has 5 heteroatoms. The van der Waals surface area contributed by atoms with Gasteiger partial charge in [-0.1, -0.05) is 52.8 Å². The Bertz CT molecular complexity index is 751. The van der Waals surface area contributed by atoms with E-state index in [-0.39, 0.29) is 10.8 Å². The molecule has 0 spiro atoms. The first kappa shape index (κ1) is 16.8. The van der Waals surface area contributed by atoms with Crippen LogP contribution in [0, 0.1) is 5.82 Å². The fraction of sp³-hybridized carbons (Fsp3) is 0.176. The molecule has 0 aliphatic heterocycles. The van der Waals surface area contributed by atoms with E-state index >= 15 is 0 Å². The molecule has 1 aromatic heterocycles. The van der Waals surface area contributed by atoms with E-state index in [1.807, 2.05) is 13.8 Å². The Morgan fingerprint density at radius 1 is 1.36 bits per heavy atom. The molecule has 0 atom stereocenters. The molecular weight excluding hydrogens is 367 g/mol. The van der Waals surface area contributed by atoms with Crippen LogP contribution in [0.5, 0.6) is 0 Å². The summed E-state index contributed by atoms with van der Waals surface area (Å²) in [5.41, 5.74) is 2.86. The van der Waals surface area contributed by atoms with Crippen LogP contribution in [0.25, 0.3) is 22.4 Å². The summed E-state index contributed by atoms with van der Waals surface area (Å²) in [5, 5.41) is 0.284. The standard InChI is InChI=1S/C17H15BrClFN2/c1-5-13-14(10(2)19)22-16(17(3,4)18)15(21-13)11-7-6-8-12(20)9-11/h5-9H,1-2H2,3-4H3. The average molecular weight is 382 g/mol. The zero-order chi connectivity index (χ0) is 16.5. The zero-order valence-electron chi connectivity index (χ0n) is 12.3. The molecule has 0 amide bonds. The molecule has 2 aromatic rings. The van der Waals surface area contributed by atoms with Gasteiger partial charge in [0, 0.05) is 5.56 Å². The van der Waals surface area contributed by atoms with Gasteiger partial charge < -0.3 is 0 Å². The number of hydrogen-bond donors (Lipinski definition) is 0. The second-order valence-electron chi connectivity index (χ2n) is 5.25. The predicted octanol–water partition coefficient (Wildman–Crippen LogP) is 5.77. The minimum Gasteiger partial charge on any atom is -0.246 e. The van der Waals surface area contributed by atoms with Gasteiger partial charge in [-0.15, -0.1) is 0 Å². The van der Waals surface area contributed by atoms with E-state index in [2.05, 4.69) is 39.1 Å². The summed E-state index contributed by atoms with van der Waals surface area (Å²) in [7, 11) is 0. The Hall–Kier alpha value is -1.52. The average Bonchev–Trinajstić information content (AvgIpc) is 2.44. The van der Waals surface area contributed by atoms with E-state index < -0.39 is 4.32 Å². The molecule has 114 valence electrons. The quantitative estimate of drug-likeness (QED) is 0.629. The first-order valence-electron chi connectivity index (χ1n) is 6.58. The summed E-state index contributed by atoms with van der Waals surface area (Å²) in [6.45, 7) is 11.3. The van der Waals surface area contributed by atoms with Crippen molar-refractivity contribution in [3.05, 3.63) is 60.3 Å². The molecule has 0 aliphatic rings. The smallest absolute Gasteiger partial charge is 0.123 e. The lowest BCUT2D eigenvalue weighted by Gasteiger charge is -2.21. The second kappa shape index (κ2) is 6.31. The lowest BCUT2D eigenvalue weighted by molar-refractivity contribution is 0.628. The number of benzene rings is 1. The molecule has 0 aliphatic carbocycles. The van der Waals surface area contributed by atoms with Crippen LogP contribution in [-0.2, 0) is 4.32 Å². The molecule has 0 unspecified atom stereocenters. The molecule has 0 N–H and O–H groups in total. The summed E-state index contributed by atoms with van der Waals surface area (Å²) in [5.74, 6) is -0.330. The van der Waals surface area contributed by atoms with Gasteiger partial charge in [0.2, 0.25) is 0 Å². The Morgan fingerprint density at radius 2 is 2.05 bits per heavy atom. The van der Waals surface area contributed by atoms with Crippen LogP contribution < -0.4 is 0 Å². The maximum Gasteiger partial charge on any atom is 0.123 e. The van der Waals surface area contributed by atoms with E-state index in [0.717, 1.165) is 0 Å². The van der Waals surface area contributed by atoms with Gasteiger partial charge in [0.25, 0.3) is 0 Å². The highest BCUT2D eigenvalue weighted by Crippen LogP contribution is 2.37. The van der Waals surface area contributed by atoms with Crippen molar-refractivity contribution in [2.24, 2.45) is 0 Å². The normalized spacial score (nSPS) is 11.3. The van der Waals surface area contributed by atoms with Gasteiger partial charge in [-0.2, -0.15) is 0 Å². The van der Waals surface area contributed by atoms with Crippen LogP contribution in [-0.4, -0.2) is 9.97 Å². The third-order valence-electron chi connectivity index (χ3n) is 3.03. The highest BCUT2D eigenvalue weighted by molar-refractivity contribution is 9.09. The molecular formula is C17H15BrClFN2. The Balaban J connectivity index is 2.82. The number of rotatable bonds is 4. The van der Waals surface area contributed by atoms with Crippen LogP contribution in [0.4, 0.5) is 4.39 Å². The van der Waals surface area contributed by atoms with Crippen molar-refractivity contribution in [3.63, 3.8) is 0 Å². The van der Waals surface area contributed by atoms with Gasteiger partial charge in [0.05, 0.1) is 26.4 Å². The van der Waals surface area contributed by atoms with Gasteiger partial charge in [0.15, 0.2) is 0 Å². The van der Waals surface area contributed by atoms with Gasteiger partial charge in [0.1, 0.15) is 11.5 Å². The maximum atomic E-state index is 13.6. The van der Waals surface area contributed by atoms with Crippen molar-refractivity contribution in [2.45, 2.75) is 18.2 Å². The number of nitrogens with zero attached hydrogens (tertiary/aromatic N) is 2. The third kappa shape index (κ3) is 3.45. The minimum absolute atomic E-state index is 0.284. The molecule has 1 aromatic carbocycles. The summed E-state index contributed by atoms with van der Waals surface area (Å²) < 4.78 is 13.1. The topological polar surface area (TPSA) is 25.8 Å². The van der Waals surface area contributed by atoms with Gasteiger partial charge in [-0.25, -0.2) is 14.4 Å². The van der Waals surface area contributed by atoms with E-state index in [4.69, 9.17) is 11.6 Å². The first-order chi connectivity index (χ1) is 10.2. The summed E-state index contributed by atoms with van der Waals surface area (Å²) in [6, 6.07) is 6.24. The lowest BCUT2D eigenvalue weighted by Crippen LogP contribution is -2.15. The molecule has 0 saturated heterocycles. The monoisotopic (exact) mass is 380 g/mol. The Morgan fingerprint density at radius 3 is 2.55 bits per heavy atom. The molecule has 22 heavy (non-hydrogen) atoms. The zero-order valence-corrected chi connectivity index (χ0v) is 14.7.